The zero-order valence-corrected chi connectivity index (χ0v) is 36.9. The lowest BCUT2D eigenvalue weighted by atomic mass is 9.74. The number of likely N-dealkylation sites (N-methyl/N-ethyl adjacent to an activating group) is 1. The number of para-hydroxylation sites is 1. The number of halogens is 1. The summed E-state index contributed by atoms with van der Waals surface area (Å²) in [7, 11) is 1.61. The number of hydrogen-bond donors (Lipinski definition) is 7. The highest BCUT2D eigenvalue weighted by Crippen LogP contribution is 2.45. The van der Waals surface area contributed by atoms with Crippen LogP contribution in [0.1, 0.15) is 69.1 Å². The number of anilines is 1. The summed E-state index contributed by atoms with van der Waals surface area (Å²) in [6.45, 7) is 4.59. The number of fused-ring (bicyclic) bond motifs is 3. The highest BCUT2D eigenvalue weighted by atomic mass is 35.5. The summed E-state index contributed by atoms with van der Waals surface area (Å²) >= 11 is 8.32. The van der Waals surface area contributed by atoms with Gasteiger partial charge in [0.2, 0.25) is 17.7 Å². The number of pyridine rings is 2. The Hall–Kier alpha value is -5.26. The molecule has 5 atom stereocenters. The second-order valence-corrected chi connectivity index (χ2v) is 17.6. The van der Waals surface area contributed by atoms with Crippen LogP contribution in [0.4, 0.5) is 5.69 Å². The van der Waals surface area contributed by atoms with Crippen molar-refractivity contribution in [2.75, 3.05) is 25.5 Å². The van der Waals surface area contributed by atoms with Gasteiger partial charge in [0.1, 0.15) is 23.7 Å². The Morgan fingerprint density at radius 1 is 0.952 bits per heavy atom. The number of nitrogens with two attached hydrogens (primary N) is 2. The number of unbranched alkanes of at least 4 members (excludes halogenated alkanes) is 1. The van der Waals surface area contributed by atoms with Gasteiger partial charge in [0.25, 0.3) is 5.56 Å². The van der Waals surface area contributed by atoms with E-state index in [1.54, 1.807) is 37.5 Å². The van der Waals surface area contributed by atoms with Crippen LogP contribution in [-0.2, 0) is 44.2 Å². The number of carbonyl (C=O) groups is 4. The Morgan fingerprint density at radius 2 is 1.71 bits per heavy atom. The van der Waals surface area contributed by atoms with Crippen molar-refractivity contribution in [3.63, 3.8) is 0 Å². The monoisotopic (exact) mass is 885 g/mol. The van der Waals surface area contributed by atoms with Gasteiger partial charge < -0.3 is 47.3 Å². The fraction of sp³-hybridized carbons (Fsp3) is 0.422. The van der Waals surface area contributed by atoms with E-state index in [0.717, 1.165) is 21.4 Å². The SMILES string of the molecule is CC1Nc2ccccc2C1(C)C[C@H]1C(=O)NCc2c(-c3ccn(CC(=O)O)c(=O)c3)ccc(Cl)c2Sc2ncccc2CNC(CCCN)C(=O)N[C@@H](CCCCN)C(=O)N1C. The summed E-state index contributed by atoms with van der Waals surface area (Å²) in [5, 5.41) is 23.5. The smallest absolute Gasteiger partial charge is 0.323 e. The Labute approximate surface area is 370 Å². The van der Waals surface area contributed by atoms with Gasteiger partial charge in [-0.15, -0.1) is 0 Å². The Balaban J connectivity index is 1.50. The molecule has 6 rings (SSSR count). The third kappa shape index (κ3) is 10.5. The topological polar surface area (TPSA) is 227 Å². The highest BCUT2D eigenvalue weighted by Gasteiger charge is 2.45. The van der Waals surface area contributed by atoms with Gasteiger partial charge in [-0.2, -0.15) is 0 Å². The number of nitrogens with zero attached hydrogens (tertiary/aromatic N) is 3. The molecular formula is C45H56ClN9O6S. The van der Waals surface area contributed by atoms with Crippen molar-refractivity contribution in [2.45, 2.75) is 112 Å². The number of carboxylic acid groups (broad SMARTS) is 1. The summed E-state index contributed by atoms with van der Waals surface area (Å²) in [6, 6.07) is 15.3. The van der Waals surface area contributed by atoms with Gasteiger partial charge in [-0.05, 0) is 111 Å². The van der Waals surface area contributed by atoms with Gasteiger partial charge in [0, 0.05) is 60.6 Å². The van der Waals surface area contributed by atoms with Crippen molar-refractivity contribution in [2.24, 2.45) is 11.5 Å². The first-order chi connectivity index (χ1) is 29.7. The molecule has 0 saturated heterocycles. The quantitative estimate of drug-likeness (QED) is 0.0993. The number of benzene rings is 2. The van der Waals surface area contributed by atoms with Crippen LogP contribution in [0.2, 0.25) is 5.02 Å². The first-order valence-corrected chi connectivity index (χ1v) is 22.1. The normalized spacial score (nSPS) is 22.1. The Bertz CT molecular complexity index is 2350. The highest BCUT2D eigenvalue weighted by molar-refractivity contribution is 7.99. The molecule has 62 heavy (non-hydrogen) atoms. The molecule has 0 radical (unpaired) electrons. The molecule has 0 spiro atoms. The summed E-state index contributed by atoms with van der Waals surface area (Å²) < 4.78 is 1.09. The van der Waals surface area contributed by atoms with Crippen molar-refractivity contribution in [3.05, 3.63) is 105 Å². The van der Waals surface area contributed by atoms with E-state index in [1.165, 1.54) is 28.9 Å². The number of carboxylic acids is 1. The Kier molecular flexibility index (Phi) is 15.5. The van der Waals surface area contributed by atoms with E-state index in [9.17, 15) is 29.1 Å². The van der Waals surface area contributed by atoms with Crippen molar-refractivity contribution in [1.82, 2.24) is 30.4 Å². The predicted molar refractivity (Wildman–Crippen MR) is 241 cm³/mol. The molecule has 2 aromatic heterocycles. The van der Waals surface area contributed by atoms with Crippen LogP contribution in [-0.4, -0.2) is 87.6 Å². The van der Waals surface area contributed by atoms with Crippen molar-refractivity contribution in [1.29, 1.82) is 0 Å². The summed E-state index contributed by atoms with van der Waals surface area (Å²) in [5.74, 6) is -2.37. The summed E-state index contributed by atoms with van der Waals surface area (Å²) in [5.41, 5.74) is 15.1. The number of nitrogens with one attached hydrogen (secondary N) is 4. The molecule has 15 nitrogen and oxygen atoms in total. The average molecular weight is 887 g/mol. The van der Waals surface area contributed by atoms with E-state index < -0.39 is 53.4 Å². The van der Waals surface area contributed by atoms with Crippen LogP contribution in [0.5, 0.6) is 0 Å². The number of hydrogen-bond acceptors (Lipinski definition) is 11. The number of aromatic nitrogens is 2. The molecule has 0 aliphatic carbocycles. The minimum Gasteiger partial charge on any atom is -0.480 e. The average Bonchev–Trinajstić information content (AvgIpc) is 3.50. The van der Waals surface area contributed by atoms with Crippen LogP contribution in [0.3, 0.4) is 0 Å². The van der Waals surface area contributed by atoms with Gasteiger partial charge in [0.15, 0.2) is 0 Å². The minimum absolute atomic E-state index is 0.0624. The van der Waals surface area contributed by atoms with E-state index in [0.29, 0.717) is 76.8 Å². The fourth-order valence-corrected chi connectivity index (χ4v) is 9.62. The molecular weight excluding hydrogens is 830 g/mol. The Morgan fingerprint density at radius 3 is 2.45 bits per heavy atom. The standard InChI is InChI=1S/C45H56ClN9O6S/c1-27-45(2,32-11-4-5-12-34(32)52-27)23-37-42(60)51-25-31-30(28-17-21-55(26-39(57)58)38(56)22-28)15-16-33(46)40(31)62-43-29(10-9-20-49-43)24-50-35(14-8-19-48)41(59)53-36(13-6-7-18-47)44(61)54(37)3/h4-5,9-12,15-17,20-22,27,35-37,50,52H,6-8,13-14,18-19,23-26,47-48H2,1-3H3,(H,51,60)(H,53,59)(H,57,58)/t27?,35?,36-,37-,45?/m0/s1. The maximum atomic E-state index is 15.0. The van der Waals surface area contributed by atoms with Gasteiger partial charge in [-0.1, -0.05) is 60.6 Å². The number of amides is 3. The van der Waals surface area contributed by atoms with E-state index >= 15 is 0 Å². The molecule has 0 saturated carbocycles. The van der Waals surface area contributed by atoms with Gasteiger partial charge in [-0.3, -0.25) is 24.0 Å². The first-order valence-electron chi connectivity index (χ1n) is 21.0. The fourth-order valence-electron chi connectivity index (χ4n) is 8.28. The predicted octanol–water partition coefficient (Wildman–Crippen LogP) is 4.23. The van der Waals surface area contributed by atoms with Crippen LogP contribution in [0.25, 0.3) is 11.1 Å². The molecule has 2 aliphatic heterocycles. The second kappa shape index (κ2) is 20.7. The molecule has 3 unspecified atom stereocenters. The molecule has 9 N–H and O–H groups in total. The van der Waals surface area contributed by atoms with Crippen molar-refractivity contribution < 1.29 is 24.3 Å². The third-order valence-corrected chi connectivity index (χ3v) is 13.7. The molecule has 3 amide bonds. The first kappa shape index (κ1) is 46.2. The molecule has 2 aliphatic rings. The summed E-state index contributed by atoms with van der Waals surface area (Å²) in [4.78, 5) is 75.5. The zero-order valence-electron chi connectivity index (χ0n) is 35.3. The second-order valence-electron chi connectivity index (χ2n) is 16.2. The van der Waals surface area contributed by atoms with Gasteiger partial charge in [-0.25, -0.2) is 4.98 Å². The van der Waals surface area contributed by atoms with Crippen LogP contribution >= 0.6 is 23.4 Å². The van der Waals surface area contributed by atoms with Crippen LogP contribution in [0.15, 0.2) is 87.8 Å². The maximum Gasteiger partial charge on any atom is 0.323 e. The number of rotatable bonds is 12. The van der Waals surface area contributed by atoms with Crippen molar-refractivity contribution >= 4 is 52.7 Å². The van der Waals surface area contributed by atoms with Crippen LogP contribution < -0.4 is 38.3 Å². The summed E-state index contributed by atoms with van der Waals surface area (Å²) in [6.07, 6.45) is 5.79. The minimum atomic E-state index is -1.16. The largest absolute Gasteiger partial charge is 0.480 e. The molecule has 330 valence electrons. The zero-order chi connectivity index (χ0) is 44.6. The van der Waals surface area contributed by atoms with Gasteiger partial charge in [0.05, 0.1) is 11.1 Å². The van der Waals surface area contributed by atoms with E-state index in [-0.39, 0.29) is 31.5 Å². The maximum absolute atomic E-state index is 15.0. The molecule has 4 heterocycles. The van der Waals surface area contributed by atoms with E-state index in [1.807, 2.05) is 30.3 Å². The van der Waals surface area contributed by atoms with Gasteiger partial charge >= 0.3 is 5.97 Å². The van der Waals surface area contributed by atoms with E-state index in [2.05, 4.69) is 35.1 Å². The third-order valence-electron chi connectivity index (χ3n) is 12.0. The molecule has 0 fully saturated rings. The molecule has 4 aromatic rings. The number of aliphatic carboxylic acids is 1. The van der Waals surface area contributed by atoms with E-state index in [4.69, 9.17) is 28.1 Å². The molecule has 17 heteroatoms. The lowest BCUT2D eigenvalue weighted by Gasteiger charge is -2.38. The molecule has 0 bridgehead atoms. The van der Waals surface area contributed by atoms with Crippen molar-refractivity contribution in [3.8, 4) is 11.1 Å². The lowest BCUT2D eigenvalue weighted by molar-refractivity contribution is -0.143. The van der Waals surface area contributed by atoms with Crippen LogP contribution in [0, 0.1) is 0 Å². The number of carbonyl (C=O) groups excluding carboxylic acids is 3. The molecule has 2 aromatic carbocycles. The lowest BCUT2D eigenvalue weighted by Crippen LogP contribution is -2.58.